The first-order chi connectivity index (χ1) is 17.7. The molecule has 188 valence electrons. The van der Waals surface area contributed by atoms with E-state index in [0.717, 1.165) is 51.0 Å². The van der Waals surface area contributed by atoms with Crippen LogP contribution in [0.1, 0.15) is 27.7 Å². The van der Waals surface area contributed by atoms with E-state index < -0.39 is 11.2 Å². The van der Waals surface area contributed by atoms with Crippen molar-refractivity contribution in [2.45, 2.75) is 38.9 Å². The van der Waals surface area contributed by atoms with Crippen molar-refractivity contribution in [1.82, 2.24) is 8.75 Å². The Morgan fingerprint density at radius 1 is 0.757 bits per heavy atom. The monoisotopic (exact) mass is 672 g/mol. The molecule has 4 heterocycles. The fourth-order valence-electron chi connectivity index (χ4n) is 6.07. The molecule has 1 aromatic carbocycles. The minimum Gasteiger partial charge on any atom is -0.474 e. The van der Waals surface area contributed by atoms with Gasteiger partial charge in [0, 0.05) is 15.3 Å². The predicted octanol–water partition coefficient (Wildman–Crippen LogP) is 9.67. The maximum Gasteiger partial charge on any atom is 0.174 e. The van der Waals surface area contributed by atoms with Gasteiger partial charge in [0.25, 0.3) is 0 Å². The molecule has 0 N–H and O–H groups in total. The molecule has 0 spiro atoms. The number of hydrogen-bond acceptors (Lipinski definition) is 7. The summed E-state index contributed by atoms with van der Waals surface area (Å²) < 4.78 is 26.1. The third kappa shape index (κ3) is 3.54. The lowest BCUT2D eigenvalue weighted by Crippen LogP contribution is -2.49. The van der Waals surface area contributed by atoms with E-state index in [2.05, 4.69) is 108 Å². The lowest BCUT2D eigenvalue weighted by atomic mass is 9.67. The smallest absolute Gasteiger partial charge is 0.174 e. The summed E-state index contributed by atoms with van der Waals surface area (Å²) in [6.07, 6.45) is 9.00. The van der Waals surface area contributed by atoms with Crippen LogP contribution in [-0.2, 0) is 0 Å². The van der Waals surface area contributed by atoms with Crippen LogP contribution in [0.2, 0.25) is 0 Å². The summed E-state index contributed by atoms with van der Waals surface area (Å²) >= 11 is 11.9. The van der Waals surface area contributed by atoms with Crippen molar-refractivity contribution in [2.75, 3.05) is 0 Å². The second kappa shape index (κ2) is 8.36. The van der Waals surface area contributed by atoms with E-state index >= 15 is 0 Å². The standard InChI is InChI=1S/C28H22Br2N2O2S3/c1-13-9-11-27(3)26-19(13)14(2)10-12-28(26,4)34-25-21(16-6-8-18(30)36-16)23-22(31-37-32-23)20(24(25)33-27)15-5-7-17(29)35-15/h5-14H,1-4H3. The number of benzene rings is 1. The number of halogens is 2. The van der Waals surface area contributed by atoms with Crippen LogP contribution in [0.5, 0.6) is 11.5 Å². The van der Waals surface area contributed by atoms with Gasteiger partial charge in [0.15, 0.2) is 22.7 Å². The highest BCUT2D eigenvalue weighted by Crippen LogP contribution is 2.59. The maximum absolute atomic E-state index is 7.21. The van der Waals surface area contributed by atoms with Crippen LogP contribution in [-0.4, -0.2) is 19.9 Å². The first-order valence-electron chi connectivity index (χ1n) is 12.0. The van der Waals surface area contributed by atoms with Gasteiger partial charge in [-0.3, -0.25) is 0 Å². The summed E-state index contributed by atoms with van der Waals surface area (Å²) in [4.78, 5) is 2.13. The molecule has 37 heavy (non-hydrogen) atoms. The van der Waals surface area contributed by atoms with Crippen molar-refractivity contribution in [3.63, 3.8) is 0 Å². The normalized spacial score (nSPS) is 28.1. The van der Waals surface area contributed by atoms with Gasteiger partial charge in [-0.1, -0.05) is 26.0 Å². The number of hydrogen-bond donors (Lipinski definition) is 0. The Labute approximate surface area is 244 Å². The molecular formula is C28H22Br2N2O2S3. The topological polar surface area (TPSA) is 44.2 Å². The van der Waals surface area contributed by atoms with Gasteiger partial charge in [0.1, 0.15) is 11.0 Å². The molecule has 0 saturated carbocycles. The predicted molar refractivity (Wildman–Crippen MR) is 161 cm³/mol. The molecular weight excluding hydrogens is 652 g/mol. The summed E-state index contributed by atoms with van der Waals surface area (Å²) in [5.74, 6) is 2.06. The molecule has 4 aromatic rings. The average Bonchev–Trinajstić information content (AvgIpc) is 3.59. The largest absolute Gasteiger partial charge is 0.474 e. The van der Waals surface area contributed by atoms with Crippen LogP contribution in [0.3, 0.4) is 0 Å². The lowest BCUT2D eigenvalue weighted by molar-refractivity contribution is 0.130. The van der Waals surface area contributed by atoms with Gasteiger partial charge in [-0.25, -0.2) is 0 Å². The highest BCUT2D eigenvalue weighted by atomic mass is 79.9. The molecule has 0 fully saturated rings. The third-order valence-corrected chi connectivity index (χ3v) is 11.4. The van der Waals surface area contributed by atoms with E-state index in [9.17, 15) is 0 Å². The van der Waals surface area contributed by atoms with Crippen molar-refractivity contribution in [1.29, 1.82) is 0 Å². The second-order valence-corrected chi connectivity index (χ2v) is 15.6. The Morgan fingerprint density at radius 3 is 1.62 bits per heavy atom. The molecule has 0 saturated heterocycles. The van der Waals surface area contributed by atoms with Gasteiger partial charge in [0.2, 0.25) is 0 Å². The number of rotatable bonds is 2. The van der Waals surface area contributed by atoms with Gasteiger partial charge in [-0.15, -0.1) is 22.7 Å². The minimum atomic E-state index is -0.672. The number of fused-ring (bicyclic) bond motifs is 2. The van der Waals surface area contributed by atoms with Gasteiger partial charge >= 0.3 is 0 Å². The summed E-state index contributed by atoms with van der Waals surface area (Å²) in [6, 6.07) is 8.36. The van der Waals surface area contributed by atoms with Crippen molar-refractivity contribution < 1.29 is 9.47 Å². The molecule has 2 aliphatic carbocycles. The Bertz CT molecular complexity index is 1580. The fourth-order valence-corrected chi connectivity index (χ4v) is 9.49. The summed E-state index contributed by atoms with van der Waals surface area (Å²) in [5.41, 5.74) is 4.77. The van der Waals surface area contributed by atoms with E-state index in [-0.39, 0.29) is 0 Å². The molecule has 0 radical (unpaired) electrons. The number of aromatic nitrogens is 2. The zero-order chi connectivity index (χ0) is 25.7. The molecule has 9 heteroatoms. The Kier molecular flexibility index (Phi) is 5.48. The zero-order valence-corrected chi connectivity index (χ0v) is 26.1. The lowest BCUT2D eigenvalue weighted by Gasteiger charge is -2.45. The molecule has 4 unspecified atom stereocenters. The van der Waals surface area contributed by atoms with Gasteiger partial charge < -0.3 is 9.47 Å². The number of thiophene rings is 2. The number of ether oxygens (including phenoxy) is 2. The zero-order valence-electron chi connectivity index (χ0n) is 20.5. The fraction of sp³-hybridized carbons (Fsp3) is 0.286. The SMILES string of the molecule is CC1C=CC2(C)Oc3c(c(-c4ccc(Br)s4)c4nsnc4c3-c3ccc(Br)s3)OC3(C)C=CC(C)C1=C23. The molecule has 3 aliphatic rings. The average molecular weight is 675 g/mol. The van der Waals surface area contributed by atoms with Crippen LogP contribution < -0.4 is 9.47 Å². The number of nitrogens with zero attached hydrogens (tertiary/aromatic N) is 2. The van der Waals surface area contributed by atoms with Gasteiger partial charge in [-0.2, -0.15) is 8.75 Å². The van der Waals surface area contributed by atoms with Crippen molar-refractivity contribution in [3.8, 4) is 32.4 Å². The molecule has 4 nitrogen and oxygen atoms in total. The first-order valence-corrected chi connectivity index (χ1v) is 16.0. The number of allylic oxidation sites excluding steroid dienone is 3. The van der Waals surface area contributed by atoms with Crippen LogP contribution in [0.25, 0.3) is 31.9 Å². The molecule has 0 amide bonds. The van der Waals surface area contributed by atoms with Crippen LogP contribution in [0, 0.1) is 11.8 Å². The summed E-state index contributed by atoms with van der Waals surface area (Å²) in [6.45, 7) is 8.87. The van der Waals surface area contributed by atoms with E-state index in [1.165, 1.54) is 22.9 Å². The highest BCUT2D eigenvalue weighted by molar-refractivity contribution is 9.11. The van der Waals surface area contributed by atoms with Crippen LogP contribution >= 0.6 is 66.3 Å². The maximum atomic E-state index is 7.21. The van der Waals surface area contributed by atoms with E-state index in [1.807, 2.05) is 0 Å². The summed E-state index contributed by atoms with van der Waals surface area (Å²) in [5, 5.41) is 0. The van der Waals surface area contributed by atoms with Gasteiger partial charge in [0.05, 0.1) is 30.4 Å². The molecule has 3 aromatic heterocycles. The van der Waals surface area contributed by atoms with E-state index in [0.29, 0.717) is 11.8 Å². The molecule has 1 aliphatic heterocycles. The quantitative estimate of drug-likeness (QED) is 0.199. The van der Waals surface area contributed by atoms with Crippen molar-refractivity contribution in [3.05, 3.63) is 67.3 Å². The minimum absolute atomic E-state index is 0.308. The van der Waals surface area contributed by atoms with E-state index in [1.54, 1.807) is 22.7 Å². The highest BCUT2D eigenvalue weighted by Gasteiger charge is 2.52. The first kappa shape index (κ1) is 24.3. The Balaban J connectivity index is 1.63. The van der Waals surface area contributed by atoms with Gasteiger partial charge in [-0.05, 0) is 99.5 Å². The molecule has 7 rings (SSSR count). The molecule has 0 bridgehead atoms. The summed E-state index contributed by atoms with van der Waals surface area (Å²) in [7, 11) is 0. The Hall–Kier alpha value is -1.78. The second-order valence-electron chi connectivity index (χ2n) is 10.1. The van der Waals surface area contributed by atoms with Crippen molar-refractivity contribution in [2.24, 2.45) is 11.8 Å². The van der Waals surface area contributed by atoms with Crippen LogP contribution in [0.4, 0.5) is 0 Å². The Morgan fingerprint density at radius 2 is 1.22 bits per heavy atom. The van der Waals surface area contributed by atoms with Crippen molar-refractivity contribution >= 4 is 77.3 Å². The van der Waals surface area contributed by atoms with Crippen LogP contribution in [0.15, 0.2) is 67.3 Å². The molecule has 4 atom stereocenters. The van der Waals surface area contributed by atoms with E-state index in [4.69, 9.17) is 18.2 Å². The third-order valence-electron chi connectivity index (χ3n) is 7.56.